The minimum Gasteiger partial charge on any atom is -0.325 e. The summed E-state index contributed by atoms with van der Waals surface area (Å²) in [6, 6.07) is 27.6. The second kappa shape index (κ2) is 14.8. The fourth-order valence-electron chi connectivity index (χ4n) is 4.25. The second-order valence-corrected chi connectivity index (χ2v) is 11.3. The third kappa shape index (κ3) is 8.42. The summed E-state index contributed by atoms with van der Waals surface area (Å²) < 4.78 is 0. The van der Waals surface area contributed by atoms with Crippen LogP contribution in [0.3, 0.4) is 0 Å². The van der Waals surface area contributed by atoms with E-state index >= 15 is 0 Å². The van der Waals surface area contributed by atoms with Crippen molar-refractivity contribution in [3.05, 3.63) is 135 Å². The molecule has 0 radical (unpaired) electrons. The molecule has 224 valence electrons. The van der Waals surface area contributed by atoms with Crippen LogP contribution in [0.15, 0.2) is 108 Å². The van der Waals surface area contributed by atoms with Crippen LogP contribution in [0.25, 0.3) is 6.08 Å². The molecule has 9 nitrogen and oxygen atoms in total. The SMILES string of the molecule is CCC(Sc1cccc(NC(=O)/C(=C/c2ccccc2C)NC(=O)c2ccccc2)c1)C(=O)Nc1cc([N+](=O)[O-])ccc1C. The third-order valence-electron chi connectivity index (χ3n) is 6.74. The highest BCUT2D eigenvalue weighted by Crippen LogP contribution is 2.30. The van der Waals surface area contributed by atoms with Gasteiger partial charge in [0.2, 0.25) is 5.91 Å². The lowest BCUT2D eigenvalue weighted by molar-refractivity contribution is -0.384. The standard InChI is InChI=1S/C34H32N4O5S/c1-4-31(34(41)36-29-21-27(38(42)43)18-17-23(29)3)44-28-16-10-15-26(20-28)35-33(40)30(19-25-14-9-8-11-22(25)2)37-32(39)24-12-6-5-7-13-24/h5-21,31H,4H2,1-3H3,(H,35,40)(H,36,41)(H,37,39)/b30-19-. The van der Waals surface area contributed by atoms with E-state index in [1.807, 2.05) is 44.2 Å². The van der Waals surface area contributed by atoms with Crippen molar-refractivity contribution in [1.82, 2.24) is 5.32 Å². The van der Waals surface area contributed by atoms with Crippen LogP contribution in [-0.2, 0) is 9.59 Å². The molecule has 3 amide bonds. The topological polar surface area (TPSA) is 130 Å². The number of non-ortho nitro benzene ring substituents is 1. The quantitative estimate of drug-likeness (QED) is 0.0719. The first-order valence-corrected chi connectivity index (χ1v) is 14.8. The average Bonchev–Trinajstić information content (AvgIpc) is 3.02. The summed E-state index contributed by atoms with van der Waals surface area (Å²) in [5.41, 5.74) is 3.68. The lowest BCUT2D eigenvalue weighted by Gasteiger charge is -2.17. The van der Waals surface area contributed by atoms with Crippen LogP contribution in [0.5, 0.6) is 0 Å². The van der Waals surface area contributed by atoms with Gasteiger partial charge in [-0.2, -0.15) is 0 Å². The predicted molar refractivity (Wildman–Crippen MR) is 175 cm³/mol. The molecular formula is C34H32N4O5S. The van der Waals surface area contributed by atoms with Gasteiger partial charge in [0.25, 0.3) is 17.5 Å². The normalized spacial score (nSPS) is 11.8. The van der Waals surface area contributed by atoms with Gasteiger partial charge < -0.3 is 16.0 Å². The fourth-order valence-corrected chi connectivity index (χ4v) is 5.26. The molecule has 3 N–H and O–H groups in total. The highest BCUT2D eigenvalue weighted by Gasteiger charge is 2.21. The predicted octanol–water partition coefficient (Wildman–Crippen LogP) is 7.13. The van der Waals surface area contributed by atoms with Crippen LogP contribution >= 0.6 is 11.8 Å². The first-order valence-electron chi connectivity index (χ1n) is 13.9. The van der Waals surface area contributed by atoms with E-state index < -0.39 is 22.0 Å². The molecule has 44 heavy (non-hydrogen) atoms. The van der Waals surface area contributed by atoms with Gasteiger partial charge >= 0.3 is 0 Å². The molecule has 1 atom stereocenters. The van der Waals surface area contributed by atoms with Gasteiger partial charge in [0.05, 0.1) is 15.9 Å². The molecule has 4 aromatic carbocycles. The Morgan fingerprint density at radius 1 is 0.864 bits per heavy atom. The number of anilines is 2. The maximum atomic E-state index is 13.5. The molecule has 0 bridgehead atoms. The van der Waals surface area contributed by atoms with Crippen LogP contribution in [-0.4, -0.2) is 27.9 Å². The second-order valence-electron chi connectivity index (χ2n) is 9.98. The molecular weight excluding hydrogens is 576 g/mol. The number of aryl methyl sites for hydroxylation is 2. The monoisotopic (exact) mass is 608 g/mol. The zero-order valence-corrected chi connectivity index (χ0v) is 25.3. The number of benzene rings is 4. The summed E-state index contributed by atoms with van der Waals surface area (Å²) in [7, 11) is 0. The van der Waals surface area contributed by atoms with Crippen molar-refractivity contribution in [3.63, 3.8) is 0 Å². The van der Waals surface area contributed by atoms with Gasteiger partial charge in [-0.3, -0.25) is 24.5 Å². The van der Waals surface area contributed by atoms with E-state index in [9.17, 15) is 24.5 Å². The van der Waals surface area contributed by atoms with Gasteiger partial charge in [-0.05, 0) is 73.4 Å². The number of nitro groups is 1. The van der Waals surface area contributed by atoms with Gasteiger partial charge in [0.15, 0.2) is 0 Å². The first kappa shape index (κ1) is 31.7. The van der Waals surface area contributed by atoms with Gasteiger partial charge in [0, 0.05) is 28.3 Å². The Morgan fingerprint density at radius 2 is 1.59 bits per heavy atom. The van der Waals surface area contributed by atoms with E-state index in [-0.39, 0.29) is 17.3 Å². The smallest absolute Gasteiger partial charge is 0.272 e. The van der Waals surface area contributed by atoms with E-state index in [0.717, 1.165) is 16.0 Å². The number of thioether (sulfide) groups is 1. The maximum Gasteiger partial charge on any atom is 0.272 e. The van der Waals surface area contributed by atoms with Crippen molar-refractivity contribution >= 4 is 52.6 Å². The highest BCUT2D eigenvalue weighted by molar-refractivity contribution is 8.00. The number of carbonyl (C=O) groups is 3. The lowest BCUT2D eigenvalue weighted by atomic mass is 10.1. The van der Waals surface area contributed by atoms with Crippen LogP contribution in [0.2, 0.25) is 0 Å². The van der Waals surface area contributed by atoms with E-state index in [2.05, 4.69) is 16.0 Å². The molecule has 4 rings (SSSR count). The summed E-state index contributed by atoms with van der Waals surface area (Å²) in [5.74, 6) is -1.21. The first-order chi connectivity index (χ1) is 21.1. The van der Waals surface area contributed by atoms with E-state index in [0.29, 0.717) is 28.9 Å². The number of nitrogens with one attached hydrogen (secondary N) is 3. The Morgan fingerprint density at radius 3 is 2.30 bits per heavy atom. The summed E-state index contributed by atoms with van der Waals surface area (Å²) in [6.45, 7) is 5.56. The molecule has 1 unspecified atom stereocenters. The van der Waals surface area contributed by atoms with Crippen molar-refractivity contribution in [1.29, 1.82) is 0 Å². The number of nitrogens with zero attached hydrogens (tertiary/aromatic N) is 1. The number of rotatable bonds is 11. The number of nitro benzene ring substituents is 1. The van der Waals surface area contributed by atoms with Crippen LogP contribution in [0.1, 0.15) is 40.4 Å². The van der Waals surface area contributed by atoms with Crippen LogP contribution < -0.4 is 16.0 Å². The molecule has 4 aromatic rings. The largest absolute Gasteiger partial charge is 0.325 e. The van der Waals surface area contributed by atoms with Crippen molar-refractivity contribution < 1.29 is 19.3 Å². The summed E-state index contributed by atoms with van der Waals surface area (Å²) in [6.07, 6.45) is 2.13. The molecule has 0 aromatic heterocycles. The minimum absolute atomic E-state index is 0.0735. The fraction of sp³-hybridized carbons (Fsp3) is 0.147. The number of hydrogen-bond acceptors (Lipinski definition) is 6. The molecule has 0 spiro atoms. The maximum absolute atomic E-state index is 13.5. The van der Waals surface area contributed by atoms with E-state index in [1.165, 1.54) is 23.9 Å². The number of amides is 3. The third-order valence-corrected chi connectivity index (χ3v) is 8.10. The van der Waals surface area contributed by atoms with Crippen molar-refractivity contribution in [2.45, 2.75) is 37.3 Å². The average molecular weight is 609 g/mol. The molecule has 0 saturated heterocycles. The zero-order valence-electron chi connectivity index (χ0n) is 24.5. The molecule has 0 aliphatic carbocycles. The molecule has 10 heteroatoms. The Hall–Kier alpha value is -5.22. The molecule has 0 saturated carbocycles. The zero-order chi connectivity index (χ0) is 31.6. The number of carbonyl (C=O) groups excluding carboxylic acids is 3. The Kier molecular flexibility index (Phi) is 10.7. The number of hydrogen-bond donors (Lipinski definition) is 3. The Balaban J connectivity index is 1.51. The lowest BCUT2D eigenvalue weighted by Crippen LogP contribution is -2.30. The van der Waals surface area contributed by atoms with E-state index in [1.54, 1.807) is 67.6 Å². The summed E-state index contributed by atoms with van der Waals surface area (Å²) in [5, 5.41) is 19.1. The summed E-state index contributed by atoms with van der Waals surface area (Å²) in [4.78, 5) is 51.0. The molecule has 0 aliphatic rings. The van der Waals surface area contributed by atoms with Crippen molar-refractivity contribution in [2.75, 3.05) is 10.6 Å². The molecule has 0 aliphatic heterocycles. The Bertz CT molecular complexity index is 1720. The van der Waals surface area contributed by atoms with Crippen molar-refractivity contribution in [3.8, 4) is 0 Å². The van der Waals surface area contributed by atoms with Crippen LogP contribution in [0, 0.1) is 24.0 Å². The van der Waals surface area contributed by atoms with Gasteiger partial charge in [-0.15, -0.1) is 11.8 Å². The Labute approximate surface area is 259 Å². The minimum atomic E-state index is -0.509. The molecule has 0 fully saturated rings. The van der Waals surface area contributed by atoms with Crippen molar-refractivity contribution in [2.24, 2.45) is 0 Å². The van der Waals surface area contributed by atoms with Gasteiger partial charge in [-0.1, -0.05) is 61.5 Å². The van der Waals surface area contributed by atoms with E-state index in [4.69, 9.17) is 0 Å². The highest BCUT2D eigenvalue weighted by atomic mass is 32.2. The van der Waals surface area contributed by atoms with Gasteiger partial charge in [0.1, 0.15) is 5.70 Å². The summed E-state index contributed by atoms with van der Waals surface area (Å²) >= 11 is 1.31. The van der Waals surface area contributed by atoms with Crippen LogP contribution in [0.4, 0.5) is 17.1 Å². The molecule has 0 heterocycles. The van der Waals surface area contributed by atoms with Gasteiger partial charge in [-0.25, -0.2) is 0 Å².